The molecule has 0 saturated carbocycles. The number of amides is 2. The summed E-state index contributed by atoms with van der Waals surface area (Å²) in [6.45, 7) is 6.29. The summed E-state index contributed by atoms with van der Waals surface area (Å²) in [5.41, 5.74) is 7.33. The van der Waals surface area contributed by atoms with Crippen LogP contribution in [0.4, 0.5) is 0 Å². The molecule has 1 saturated heterocycles. The molecule has 1 aromatic heterocycles. The van der Waals surface area contributed by atoms with Crippen LogP contribution in [0, 0.1) is 12.8 Å². The van der Waals surface area contributed by atoms with Crippen LogP contribution in [0.2, 0.25) is 0 Å². The lowest BCUT2D eigenvalue weighted by Gasteiger charge is -2.49. The largest absolute Gasteiger partial charge is 0.488 e. The number of hydroxylamine groups is 1. The van der Waals surface area contributed by atoms with Gasteiger partial charge in [0, 0.05) is 41.6 Å². The minimum atomic E-state index is -0.627. The molecule has 0 bridgehead atoms. The molecule has 2 amide bonds. The number of hydrazine groups is 1. The average molecular weight is 547 g/mol. The molecule has 40 heavy (non-hydrogen) atoms. The Morgan fingerprint density at radius 2 is 1.90 bits per heavy atom. The highest BCUT2D eigenvalue weighted by Gasteiger charge is 2.44. The van der Waals surface area contributed by atoms with Gasteiger partial charge in [-0.25, -0.2) is 10.5 Å². The van der Waals surface area contributed by atoms with E-state index in [0.717, 1.165) is 28.6 Å². The molecule has 0 aliphatic carbocycles. The van der Waals surface area contributed by atoms with Crippen molar-refractivity contribution in [3.63, 3.8) is 0 Å². The highest BCUT2D eigenvalue weighted by atomic mass is 16.5. The maximum absolute atomic E-state index is 13.7. The van der Waals surface area contributed by atoms with E-state index >= 15 is 0 Å². The number of piperidine rings is 1. The van der Waals surface area contributed by atoms with Gasteiger partial charge in [-0.1, -0.05) is 43.7 Å². The fourth-order valence-corrected chi connectivity index (χ4v) is 6.01. The van der Waals surface area contributed by atoms with Gasteiger partial charge < -0.3 is 4.74 Å². The van der Waals surface area contributed by atoms with Crippen molar-refractivity contribution in [2.24, 2.45) is 5.92 Å². The molecule has 2 aromatic carbocycles. The van der Waals surface area contributed by atoms with Crippen LogP contribution in [0.25, 0.3) is 10.9 Å². The molecule has 0 radical (unpaired) electrons. The van der Waals surface area contributed by atoms with E-state index in [2.05, 4.69) is 10.4 Å². The second kappa shape index (κ2) is 13.0. The van der Waals surface area contributed by atoms with Crippen molar-refractivity contribution >= 4 is 28.5 Å². The van der Waals surface area contributed by atoms with Crippen LogP contribution in [0.5, 0.6) is 5.75 Å². The summed E-state index contributed by atoms with van der Waals surface area (Å²) < 4.78 is 6.20. The monoisotopic (exact) mass is 546 g/mol. The van der Waals surface area contributed by atoms with E-state index in [1.165, 1.54) is 0 Å². The number of carbonyl (C=O) groups is 3. The van der Waals surface area contributed by atoms with Gasteiger partial charge in [0.1, 0.15) is 18.1 Å². The number of fused-ring (bicyclic) bond motifs is 1. The molecule has 3 aromatic rings. The second-order valence-corrected chi connectivity index (χ2v) is 10.8. The zero-order valence-electron chi connectivity index (χ0n) is 23.4. The van der Waals surface area contributed by atoms with Gasteiger partial charge in [0.25, 0.3) is 5.91 Å². The normalized spacial score (nSPS) is 19.2. The first-order valence-electron chi connectivity index (χ1n) is 13.8. The molecule has 1 fully saturated rings. The summed E-state index contributed by atoms with van der Waals surface area (Å²) in [6, 6.07) is 17.0. The van der Waals surface area contributed by atoms with Crippen LogP contribution in [-0.4, -0.2) is 44.9 Å². The maximum Gasteiger partial charge on any atom is 0.269 e. The summed E-state index contributed by atoms with van der Waals surface area (Å²) in [5, 5.41) is 11.9. The Bertz CT molecular complexity index is 1380. The summed E-state index contributed by atoms with van der Waals surface area (Å²) in [4.78, 5) is 42.5. The molecule has 4 rings (SSSR count). The molecule has 9 heteroatoms. The van der Waals surface area contributed by atoms with Crippen molar-refractivity contribution in [2.45, 2.75) is 71.4 Å². The molecule has 2 atom stereocenters. The van der Waals surface area contributed by atoms with Crippen molar-refractivity contribution in [3.05, 3.63) is 71.4 Å². The Kier molecular flexibility index (Phi) is 9.50. The number of para-hydroxylation sites is 2. The van der Waals surface area contributed by atoms with Crippen LogP contribution in [0.3, 0.4) is 0 Å². The van der Waals surface area contributed by atoms with Crippen molar-refractivity contribution in [2.75, 3.05) is 6.54 Å². The lowest BCUT2D eigenvalue weighted by molar-refractivity contribution is -0.132. The number of pyridine rings is 1. The van der Waals surface area contributed by atoms with Crippen molar-refractivity contribution in [1.82, 2.24) is 20.9 Å². The Hall–Kier alpha value is -3.82. The number of rotatable bonds is 11. The Morgan fingerprint density at radius 3 is 2.65 bits per heavy atom. The number of Topliss-reactive ketones (excluding diaryl/α,β-unsaturated/α-hetero) is 1. The number of nitrogens with one attached hydrogen (secondary N) is 2. The molecular formula is C31H38N4O5. The number of nitrogens with zero attached hydrogens (tertiary/aromatic N) is 2. The van der Waals surface area contributed by atoms with Gasteiger partial charge >= 0.3 is 0 Å². The van der Waals surface area contributed by atoms with Crippen LogP contribution in [0.15, 0.2) is 54.6 Å². The van der Waals surface area contributed by atoms with Crippen molar-refractivity contribution in [1.29, 1.82) is 0 Å². The standard InChI is InChI=1S/C31H38N4O5/c1-4-14-31(18-22(3)36)19-23(17-29(37)34-39)13-15-35(31)33-30(38)26-10-6-8-12-28(26)40-20-24-16-21(2)32-27-11-7-5-9-25(24)27/h5-12,16,23,39H,4,13-15,17-20H2,1-3H3,(H,33,38)(H,34,37)/t23-,31-/m0/s1. The van der Waals surface area contributed by atoms with Crippen LogP contribution in [-0.2, 0) is 16.2 Å². The molecular weight excluding hydrogens is 508 g/mol. The topological polar surface area (TPSA) is 121 Å². The number of hydrogen-bond donors (Lipinski definition) is 3. The zero-order valence-corrected chi connectivity index (χ0v) is 23.4. The number of ether oxygens (including phenoxy) is 1. The molecule has 1 aliphatic heterocycles. The zero-order chi connectivity index (χ0) is 28.7. The number of aromatic nitrogens is 1. The van der Waals surface area contributed by atoms with E-state index < -0.39 is 11.4 Å². The van der Waals surface area contributed by atoms with E-state index in [0.29, 0.717) is 37.1 Å². The van der Waals surface area contributed by atoms with Crippen molar-refractivity contribution in [3.8, 4) is 5.75 Å². The Balaban J connectivity index is 1.55. The smallest absolute Gasteiger partial charge is 0.269 e. The Morgan fingerprint density at radius 1 is 1.15 bits per heavy atom. The van der Waals surface area contributed by atoms with Gasteiger partial charge in [-0.15, -0.1) is 0 Å². The first-order chi connectivity index (χ1) is 19.2. The van der Waals surface area contributed by atoms with Crippen LogP contribution in [0.1, 0.15) is 74.0 Å². The molecule has 212 valence electrons. The van der Waals surface area contributed by atoms with E-state index in [1.807, 2.05) is 55.3 Å². The molecule has 3 N–H and O–H groups in total. The SMILES string of the molecule is CCC[C@]1(CC(C)=O)C[C@H](CC(=O)NO)CCN1NC(=O)c1ccccc1OCc1cc(C)nc2ccccc12. The van der Waals surface area contributed by atoms with Gasteiger partial charge in [0.2, 0.25) is 5.91 Å². The summed E-state index contributed by atoms with van der Waals surface area (Å²) in [5.74, 6) is -0.300. The molecule has 9 nitrogen and oxygen atoms in total. The minimum absolute atomic E-state index is 0.0135. The third-order valence-electron chi connectivity index (χ3n) is 7.58. The number of ketones is 1. The van der Waals surface area contributed by atoms with E-state index in [1.54, 1.807) is 30.6 Å². The number of aryl methyl sites for hydroxylation is 1. The lowest BCUT2D eigenvalue weighted by atomic mass is 9.74. The van der Waals surface area contributed by atoms with Crippen molar-refractivity contribution < 1.29 is 24.3 Å². The Labute approximate surface area is 234 Å². The van der Waals surface area contributed by atoms with Crippen LogP contribution < -0.4 is 15.6 Å². The highest BCUT2D eigenvalue weighted by Crippen LogP contribution is 2.39. The average Bonchev–Trinajstić information content (AvgIpc) is 2.93. The van der Waals surface area contributed by atoms with E-state index in [-0.39, 0.29) is 37.1 Å². The molecule has 0 spiro atoms. The number of carbonyl (C=O) groups excluding carboxylic acids is 3. The fourth-order valence-electron chi connectivity index (χ4n) is 6.01. The van der Waals surface area contributed by atoms with Gasteiger partial charge in [0.15, 0.2) is 0 Å². The third kappa shape index (κ3) is 6.84. The predicted molar refractivity (Wildman–Crippen MR) is 152 cm³/mol. The maximum atomic E-state index is 13.7. The van der Waals surface area contributed by atoms with Crippen LogP contribution >= 0.6 is 0 Å². The summed E-state index contributed by atoms with van der Waals surface area (Å²) in [6.07, 6.45) is 3.10. The first kappa shape index (κ1) is 29.2. The van der Waals surface area contributed by atoms with Gasteiger partial charge in [0.05, 0.1) is 11.1 Å². The lowest BCUT2D eigenvalue weighted by Crippen LogP contribution is -2.61. The number of hydrogen-bond acceptors (Lipinski definition) is 7. The fraction of sp³-hybridized carbons (Fsp3) is 0.419. The number of benzene rings is 2. The summed E-state index contributed by atoms with van der Waals surface area (Å²) in [7, 11) is 0. The molecule has 1 aliphatic rings. The minimum Gasteiger partial charge on any atom is -0.488 e. The quantitative estimate of drug-likeness (QED) is 0.231. The first-order valence-corrected chi connectivity index (χ1v) is 13.8. The highest BCUT2D eigenvalue weighted by molar-refractivity contribution is 5.96. The van der Waals surface area contributed by atoms with Gasteiger partial charge in [-0.2, -0.15) is 0 Å². The van der Waals surface area contributed by atoms with Gasteiger partial charge in [-0.3, -0.25) is 30.0 Å². The summed E-state index contributed by atoms with van der Waals surface area (Å²) >= 11 is 0. The third-order valence-corrected chi connectivity index (χ3v) is 7.58. The second-order valence-electron chi connectivity index (χ2n) is 10.8. The molecule has 0 unspecified atom stereocenters. The predicted octanol–water partition coefficient (Wildman–Crippen LogP) is 4.89. The van der Waals surface area contributed by atoms with E-state index in [9.17, 15) is 14.4 Å². The van der Waals surface area contributed by atoms with Gasteiger partial charge in [-0.05, 0) is 63.3 Å². The molecule has 2 heterocycles. The van der Waals surface area contributed by atoms with E-state index in [4.69, 9.17) is 9.94 Å².